The maximum absolute atomic E-state index is 11.9. The fourth-order valence-electron chi connectivity index (χ4n) is 1.90. The molecule has 4 nitrogen and oxygen atoms in total. The van der Waals surface area contributed by atoms with Crippen molar-refractivity contribution < 1.29 is 9.53 Å². The second-order valence-corrected chi connectivity index (χ2v) is 5.35. The topological polar surface area (TPSA) is 50.4 Å². The Labute approximate surface area is 127 Å². The number of carbonyl (C=O) groups is 1. The molecule has 0 bridgehead atoms. The summed E-state index contributed by atoms with van der Waals surface area (Å²) in [7, 11) is 0. The van der Waals surface area contributed by atoms with E-state index in [1.54, 1.807) is 0 Å². The van der Waals surface area contributed by atoms with Crippen LogP contribution >= 0.6 is 28.3 Å². The molecule has 1 unspecified atom stereocenters. The summed E-state index contributed by atoms with van der Waals surface area (Å²) in [6.45, 7) is 4.12. The number of carbonyl (C=O) groups excluding carboxylic acids is 1. The molecule has 0 saturated carbocycles. The first-order valence-corrected chi connectivity index (χ1v) is 6.81. The van der Waals surface area contributed by atoms with Crippen LogP contribution < -0.4 is 10.6 Å². The summed E-state index contributed by atoms with van der Waals surface area (Å²) in [6, 6.07) is 5.97. The van der Waals surface area contributed by atoms with Crippen LogP contribution in [0.1, 0.15) is 12.0 Å². The van der Waals surface area contributed by atoms with E-state index >= 15 is 0 Å². The molecule has 6 heteroatoms. The Morgan fingerprint density at radius 2 is 2.37 bits per heavy atom. The Hall–Kier alpha value is -0.620. The highest BCUT2D eigenvalue weighted by molar-refractivity contribution is 9.10. The fraction of sp³-hybridized carbons (Fsp3) is 0.462. The summed E-state index contributed by atoms with van der Waals surface area (Å²) in [5.41, 5.74) is 1.91. The molecule has 0 aliphatic carbocycles. The number of anilines is 1. The third-order valence-electron chi connectivity index (χ3n) is 2.90. The van der Waals surface area contributed by atoms with Gasteiger partial charge in [0.1, 0.15) is 0 Å². The third-order valence-corrected chi connectivity index (χ3v) is 3.40. The Bertz CT molecular complexity index is 437. The van der Waals surface area contributed by atoms with Gasteiger partial charge in [-0.1, -0.05) is 22.0 Å². The lowest BCUT2D eigenvalue weighted by Gasteiger charge is -2.23. The number of benzene rings is 1. The Morgan fingerprint density at radius 1 is 1.58 bits per heavy atom. The Kier molecular flexibility index (Phi) is 6.79. The third kappa shape index (κ3) is 5.10. The first kappa shape index (κ1) is 16.4. The maximum atomic E-state index is 11.9. The average Bonchev–Trinajstić information content (AvgIpc) is 2.35. The van der Waals surface area contributed by atoms with Crippen LogP contribution in [0.2, 0.25) is 0 Å². The Balaban J connectivity index is 0.00000180. The highest BCUT2D eigenvalue weighted by Crippen LogP contribution is 2.20. The van der Waals surface area contributed by atoms with Gasteiger partial charge in [0.15, 0.2) is 0 Å². The lowest BCUT2D eigenvalue weighted by Crippen LogP contribution is -2.43. The molecule has 1 aliphatic rings. The normalized spacial score (nSPS) is 18.5. The summed E-state index contributed by atoms with van der Waals surface area (Å²) in [5.74, 6) is 0.0131. The molecule has 1 aromatic rings. The van der Waals surface area contributed by atoms with E-state index in [1.807, 2.05) is 25.1 Å². The van der Waals surface area contributed by atoms with E-state index in [1.165, 1.54) is 0 Å². The first-order chi connectivity index (χ1) is 8.65. The van der Waals surface area contributed by atoms with E-state index < -0.39 is 0 Å². The number of nitrogens with one attached hydrogen (secondary N) is 2. The number of aryl methyl sites for hydroxylation is 1. The summed E-state index contributed by atoms with van der Waals surface area (Å²) >= 11 is 3.40. The van der Waals surface area contributed by atoms with Gasteiger partial charge >= 0.3 is 0 Å². The monoisotopic (exact) mass is 348 g/mol. The Morgan fingerprint density at radius 3 is 3.05 bits per heavy atom. The van der Waals surface area contributed by atoms with Gasteiger partial charge in [0.2, 0.25) is 5.91 Å². The minimum atomic E-state index is 0. The zero-order chi connectivity index (χ0) is 13.0. The first-order valence-electron chi connectivity index (χ1n) is 6.02. The van der Waals surface area contributed by atoms with Crippen LogP contribution in [-0.2, 0) is 9.53 Å². The van der Waals surface area contributed by atoms with Crippen LogP contribution in [0.15, 0.2) is 22.7 Å². The molecule has 1 aromatic carbocycles. The molecular weight excluding hydrogens is 332 g/mol. The van der Waals surface area contributed by atoms with Gasteiger partial charge in [0.25, 0.3) is 0 Å². The lowest BCUT2D eigenvalue weighted by molar-refractivity contribution is -0.117. The average molecular weight is 350 g/mol. The van der Waals surface area contributed by atoms with Crippen LogP contribution in [-0.4, -0.2) is 31.7 Å². The molecule has 2 N–H and O–H groups in total. The SMILES string of the molecule is Cc1ccc(Br)cc1NC(=O)CC1COCCN1.Cl. The molecule has 0 radical (unpaired) electrons. The number of rotatable bonds is 3. The number of amides is 1. The number of halogens is 2. The van der Waals surface area contributed by atoms with Crippen molar-refractivity contribution in [2.75, 3.05) is 25.1 Å². The van der Waals surface area contributed by atoms with E-state index in [4.69, 9.17) is 4.74 Å². The second-order valence-electron chi connectivity index (χ2n) is 4.44. The van der Waals surface area contributed by atoms with Crippen LogP contribution in [0.4, 0.5) is 5.69 Å². The van der Waals surface area contributed by atoms with Crippen LogP contribution in [0.5, 0.6) is 0 Å². The smallest absolute Gasteiger partial charge is 0.226 e. The minimum absolute atomic E-state index is 0. The van der Waals surface area contributed by atoms with Gasteiger partial charge in [-0.15, -0.1) is 12.4 Å². The van der Waals surface area contributed by atoms with Crippen molar-refractivity contribution in [3.05, 3.63) is 28.2 Å². The van der Waals surface area contributed by atoms with Gasteiger partial charge in [-0.3, -0.25) is 4.79 Å². The molecule has 106 valence electrons. The number of morpholine rings is 1. The van der Waals surface area contributed by atoms with E-state index in [-0.39, 0.29) is 24.4 Å². The summed E-state index contributed by atoms with van der Waals surface area (Å²) in [4.78, 5) is 11.9. The second kappa shape index (κ2) is 7.85. The standard InChI is InChI=1S/C13H17BrN2O2.ClH/c1-9-2-3-10(14)6-12(9)16-13(17)7-11-8-18-5-4-15-11;/h2-3,6,11,15H,4-5,7-8H2,1H3,(H,16,17);1H. The summed E-state index contributed by atoms with van der Waals surface area (Å²) in [6.07, 6.45) is 0.436. The summed E-state index contributed by atoms with van der Waals surface area (Å²) < 4.78 is 6.29. The molecule has 19 heavy (non-hydrogen) atoms. The van der Waals surface area contributed by atoms with Gasteiger partial charge in [0.05, 0.1) is 13.2 Å². The van der Waals surface area contributed by atoms with Crippen molar-refractivity contribution in [1.29, 1.82) is 0 Å². The molecule has 1 aliphatic heterocycles. The molecule has 1 saturated heterocycles. The van der Waals surface area contributed by atoms with E-state index in [2.05, 4.69) is 26.6 Å². The van der Waals surface area contributed by atoms with E-state index in [9.17, 15) is 4.79 Å². The number of hydrogen-bond donors (Lipinski definition) is 2. The van der Waals surface area contributed by atoms with Gasteiger partial charge in [-0.05, 0) is 24.6 Å². The van der Waals surface area contributed by atoms with Crippen molar-refractivity contribution in [3.8, 4) is 0 Å². The van der Waals surface area contributed by atoms with Gasteiger partial charge in [0, 0.05) is 29.2 Å². The maximum Gasteiger partial charge on any atom is 0.226 e. The van der Waals surface area contributed by atoms with Crippen molar-refractivity contribution >= 4 is 39.9 Å². The highest BCUT2D eigenvalue weighted by atomic mass is 79.9. The van der Waals surface area contributed by atoms with Crippen molar-refractivity contribution in [3.63, 3.8) is 0 Å². The molecule has 0 spiro atoms. The van der Waals surface area contributed by atoms with E-state index in [0.717, 1.165) is 28.9 Å². The minimum Gasteiger partial charge on any atom is -0.378 e. The van der Waals surface area contributed by atoms with Crippen molar-refractivity contribution in [2.45, 2.75) is 19.4 Å². The quantitative estimate of drug-likeness (QED) is 0.881. The van der Waals surface area contributed by atoms with Gasteiger partial charge < -0.3 is 15.4 Å². The largest absolute Gasteiger partial charge is 0.378 e. The predicted octanol–water partition coefficient (Wildman–Crippen LogP) is 2.50. The predicted molar refractivity (Wildman–Crippen MR) is 82.0 cm³/mol. The van der Waals surface area contributed by atoms with Crippen LogP contribution in [0, 0.1) is 6.92 Å². The van der Waals surface area contributed by atoms with E-state index in [0.29, 0.717) is 13.0 Å². The summed E-state index contributed by atoms with van der Waals surface area (Å²) in [5, 5.41) is 6.20. The molecule has 1 amide bonds. The van der Waals surface area contributed by atoms with Crippen molar-refractivity contribution in [2.24, 2.45) is 0 Å². The zero-order valence-corrected chi connectivity index (χ0v) is 13.1. The van der Waals surface area contributed by atoms with Gasteiger partial charge in [-0.2, -0.15) is 0 Å². The van der Waals surface area contributed by atoms with Crippen LogP contribution in [0.25, 0.3) is 0 Å². The molecule has 1 fully saturated rings. The zero-order valence-electron chi connectivity index (χ0n) is 10.7. The highest BCUT2D eigenvalue weighted by Gasteiger charge is 2.17. The number of hydrogen-bond acceptors (Lipinski definition) is 3. The molecular formula is C13H18BrClN2O2. The van der Waals surface area contributed by atoms with Crippen LogP contribution in [0.3, 0.4) is 0 Å². The molecule has 1 heterocycles. The number of ether oxygens (including phenoxy) is 1. The molecule has 0 aromatic heterocycles. The molecule has 1 atom stereocenters. The fourth-order valence-corrected chi connectivity index (χ4v) is 2.27. The molecule has 2 rings (SSSR count). The lowest BCUT2D eigenvalue weighted by atomic mass is 10.1. The van der Waals surface area contributed by atoms with Crippen molar-refractivity contribution in [1.82, 2.24) is 5.32 Å². The van der Waals surface area contributed by atoms with Gasteiger partial charge in [-0.25, -0.2) is 0 Å².